The molecule has 19 heavy (non-hydrogen) atoms. The van der Waals surface area contributed by atoms with E-state index >= 15 is 0 Å². The summed E-state index contributed by atoms with van der Waals surface area (Å²) < 4.78 is 28.9. The summed E-state index contributed by atoms with van der Waals surface area (Å²) in [5.74, 6) is -1.47. The molecule has 0 aliphatic heterocycles. The highest BCUT2D eigenvalue weighted by Gasteiger charge is 2.19. The summed E-state index contributed by atoms with van der Waals surface area (Å²) in [5.41, 5.74) is 0. The summed E-state index contributed by atoms with van der Waals surface area (Å²) in [6.07, 6.45) is 0.119. The molecule has 0 aliphatic rings. The van der Waals surface area contributed by atoms with Crippen molar-refractivity contribution in [1.29, 1.82) is 0 Å². The first kappa shape index (κ1) is 17.6. The standard InChI is InChI=1S/C9H19N3O6S/c1-10-19(16,17)6-4-11-9(15)12-7(8(13)14)3-5-18-2/h7,10H,3-6H2,1-2H3,(H,13,14)(H2,11,12,15). The molecule has 0 aliphatic carbocycles. The van der Waals surface area contributed by atoms with Crippen molar-refractivity contribution in [2.75, 3.05) is 33.1 Å². The van der Waals surface area contributed by atoms with E-state index in [1.54, 1.807) is 0 Å². The maximum atomic E-state index is 11.4. The Balaban J connectivity index is 4.10. The fraction of sp³-hybridized carbons (Fsp3) is 0.778. The van der Waals surface area contributed by atoms with Crippen molar-refractivity contribution in [3.05, 3.63) is 0 Å². The van der Waals surface area contributed by atoms with E-state index in [2.05, 4.69) is 15.4 Å². The van der Waals surface area contributed by atoms with Gasteiger partial charge in [0.15, 0.2) is 0 Å². The van der Waals surface area contributed by atoms with Crippen LogP contribution in [0, 0.1) is 0 Å². The second kappa shape index (κ2) is 8.67. The molecule has 0 fully saturated rings. The fourth-order valence-corrected chi connectivity index (χ4v) is 1.68. The van der Waals surface area contributed by atoms with Crippen LogP contribution in [0.1, 0.15) is 6.42 Å². The molecule has 0 saturated carbocycles. The van der Waals surface area contributed by atoms with Gasteiger partial charge in [0.05, 0.1) is 5.75 Å². The summed E-state index contributed by atoms with van der Waals surface area (Å²) >= 11 is 0. The Kier molecular flexibility index (Phi) is 8.03. The molecule has 0 spiro atoms. The molecule has 0 bridgehead atoms. The number of aliphatic carboxylic acids is 1. The Bertz CT molecular complexity index is 397. The number of carboxylic acid groups (broad SMARTS) is 1. The molecule has 9 nitrogen and oxygen atoms in total. The second-order valence-electron chi connectivity index (χ2n) is 3.60. The number of ether oxygens (including phenoxy) is 1. The maximum absolute atomic E-state index is 11.4. The number of methoxy groups -OCH3 is 1. The van der Waals surface area contributed by atoms with Gasteiger partial charge in [-0.2, -0.15) is 0 Å². The number of carbonyl (C=O) groups excluding carboxylic acids is 1. The third-order valence-electron chi connectivity index (χ3n) is 2.18. The van der Waals surface area contributed by atoms with Crippen LogP contribution in [0.5, 0.6) is 0 Å². The molecule has 1 unspecified atom stereocenters. The van der Waals surface area contributed by atoms with Crippen LogP contribution in [0.2, 0.25) is 0 Å². The number of urea groups is 1. The van der Waals surface area contributed by atoms with E-state index in [1.165, 1.54) is 14.2 Å². The number of sulfonamides is 1. The van der Waals surface area contributed by atoms with Gasteiger partial charge in [-0.05, 0) is 7.05 Å². The molecule has 0 aromatic rings. The molecule has 0 saturated heterocycles. The number of carbonyl (C=O) groups is 2. The summed E-state index contributed by atoms with van der Waals surface area (Å²) in [5, 5.41) is 13.3. The lowest BCUT2D eigenvalue weighted by Crippen LogP contribution is -2.47. The summed E-state index contributed by atoms with van der Waals surface area (Å²) in [7, 11) is -0.720. The molecule has 112 valence electrons. The van der Waals surface area contributed by atoms with Gasteiger partial charge in [-0.1, -0.05) is 0 Å². The van der Waals surface area contributed by atoms with Gasteiger partial charge in [-0.3, -0.25) is 0 Å². The van der Waals surface area contributed by atoms with Gasteiger partial charge in [-0.15, -0.1) is 0 Å². The second-order valence-corrected chi connectivity index (χ2v) is 5.64. The van der Waals surface area contributed by atoms with E-state index in [1.807, 2.05) is 0 Å². The van der Waals surface area contributed by atoms with Gasteiger partial charge < -0.3 is 20.5 Å². The van der Waals surface area contributed by atoms with Gasteiger partial charge in [0, 0.05) is 26.7 Å². The monoisotopic (exact) mass is 297 g/mol. The van der Waals surface area contributed by atoms with E-state index in [0.29, 0.717) is 0 Å². The molecule has 0 aromatic carbocycles. The lowest BCUT2D eigenvalue weighted by Gasteiger charge is -2.14. The summed E-state index contributed by atoms with van der Waals surface area (Å²) in [4.78, 5) is 22.2. The third kappa shape index (κ3) is 8.35. The van der Waals surface area contributed by atoms with Crippen LogP contribution in [0.25, 0.3) is 0 Å². The van der Waals surface area contributed by atoms with Crippen molar-refractivity contribution in [1.82, 2.24) is 15.4 Å². The van der Waals surface area contributed by atoms with Gasteiger partial charge >= 0.3 is 12.0 Å². The molecule has 10 heteroatoms. The zero-order valence-corrected chi connectivity index (χ0v) is 11.6. The highest BCUT2D eigenvalue weighted by Crippen LogP contribution is 1.93. The Morgan fingerprint density at radius 3 is 2.47 bits per heavy atom. The van der Waals surface area contributed by atoms with Crippen molar-refractivity contribution in [3.63, 3.8) is 0 Å². The first-order valence-corrected chi connectivity index (χ1v) is 7.15. The first-order chi connectivity index (χ1) is 8.82. The summed E-state index contributed by atoms with van der Waals surface area (Å²) in [6, 6.07) is -1.82. The Morgan fingerprint density at radius 1 is 1.37 bits per heavy atom. The minimum Gasteiger partial charge on any atom is -0.480 e. The number of nitrogens with one attached hydrogen (secondary N) is 3. The van der Waals surface area contributed by atoms with E-state index in [9.17, 15) is 18.0 Å². The lowest BCUT2D eigenvalue weighted by molar-refractivity contribution is -0.139. The van der Waals surface area contributed by atoms with Gasteiger partial charge in [0.1, 0.15) is 6.04 Å². The van der Waals surface area contributed by atoms with Gasteiger partial charge in [0.2, 0.25) is 10.0 Å². The Hall–Kier alpha value is -1.39. The van der Waals surface area contributed by atoms with Crippen molar-refractivity contribution >= 4 is 22.0 Å². The van der Waals surface area contributed by atoms with Crippen LogP contribution in [-0.2, 0) is 19.6 Å². The molecule has 1 atom stereocenters. The highest BCUT2D eigenvalue weighted by atomic mass is 32.2. The number of rotatable bonds is 9. The Labute approximate surface area is 111 Å². The van der Waals surface area contributed by atoms with Crippen molar-refractivity contribution < 1.29 is 27.9 Å². The van der Waals surface area contributed by atoms with Crippen molar-refractivity contribution in [3.8, 4) is 0 Å². The van der Waals surface area contributed by atoms with Crippen LogP contribution in [0.4, 0.5) is 4.79 Å². The van der Waals surface area contributed by atoms with Crippen LogP contribution < -0.4 is 15.4 Å². The quantitative estimate of drug-likeness (QED) is 0.402. The molecule has 0 radical (unpaired) electrons. The number of amides is 2. The zero-order valence-electron chi connectivity index (χ0n) is 10.8. The molecular weight excluding hydrogens is 278 g/mol. The minimum atomic E-state index is -3.40. The number of hydrogen-bond acceptors (Lipinski definition) is 5. The van der Waals surface area contributed by atoms with Crippen LogP contribution in [0.15, 0.2) is 0 Å². The Morgan fingerprint density at radius 2 is 2.00 bits per heavy atom. The van der Waals surface area contributed by atoms with Crippen molar-refractivity contribution in [2.24, 2.45) is 0 Å². The number of hydrogen-bond donors (Lipinski definition) is 4. The van der Waals surface area contributed by atoms with E-state index in [4.69, 9.17) is 9.84 Å². The molecular formula is C9H19N3O6S. The maximum Gasteiger partial charge on any atom is 0.326 e. The van der Waals surface area contributed by atoms with Crippen molar-refractivity contribution in [2.45, 2.75) is 12.5 Å². The zero-order chi connectivity index (χ0) is 14.9. The topological polar surface area (TPSA) is 134 Å². The molecule has 0 heterocycles. The van der Waals surface area contributed by atoms with Gasteiger partial charge in [0.25, 0.3) is 0 Å². The van der Waals surface area contributed by atoms with Crippen LogP contribution in [0.3, 0.4) is 0 Å². The van der Waals surface area contributed by atoms with Crippen LogP contribution in [-0.4, -0.2) is 64.6 Å². The molecule has 0 aromatic heterocycles. The van der Waals surface area contributed by atoms with Crippen LogP contribution >= 0.6 is 0 Å². The predicted molar refractivity (Wildman–Crippen MR) is 67.3 cm³/mol. The minimum absolute atomic E-state index is 0.119. The highest BCUT2D eigenvalue weighted by molar-refractivity contribution is 7.89. The molecule has 2 amide bonds. The lowest BCUT2D eigenvalue weighted by atomic mass is 10.2. The van der Waals surface area contributed by atoms with E-state index in [0.717, 1.165) is 0 Å². The summed E-state index contributed by atoms with van der Waals surface area (Å²) in [6.45, 7) is 0.0665. The third-order valence-corrected chi connectivity index (χ3v) is 3.55. The van der Waals surface area contributed by atoms with E-state index in [-0.39, 0.29) is 25.3 Å². The normalized spacial score (nSPS) is 12.7. The average Bonchev–Trinajstić information content (AvgIpc) is 2.33. The average molecular weight is 297 g/mol. The SMILES string of the molecule is CNS(=O)(=O)CCNC(=O)NC(CCOC)C(=O)O. The predicted octanol–water partition coefficient (Wildman–Crippen LogP) is -1.68. The fourth-order valence-electron chi connectivity index (χ4n) is 1.10. The van der Waals surface area contributed by atoms with Gasteiger partial charge in [-0.25, -0.2) is 22.7 Å². The number of carboxylic acids is 1. The molecule has 4 N–H and O–H groups in total. The smallest absolute Gasteiger partial charge is 0.326 e. The van der Waals surface area contributed by atoms with E-state index < -0.39 is 28.1 Å². The molecule has 0 rings (SSSR count). The first-order valence-electron chi connectivity index (χ1n) is 5.49. The largest absolute Gasteiger partial charge is 0.480 e.